The van der Waals surface area contributed by atoms with Gasteiger partial charge in [0, 0.05) is 12.2 Å². The number of aliphatic hydroxyl groups excluding tert-OH is 1. The SMILES string of the molecule is Cc1cc(C)c(NC(=O)CN(C)CC2(CO)COC2)c(C)c1. The maximum Gasteiger partial charge on any atom is 0.238 e. The van der Waals surface area contributed by atoms with Gasteiger partial charge in [0.25, 0.3) is 0 Å². The largest absolute Gasteiger partial charge is 0.396 e. The Bertz CT molecular complexity index is 524. The average Bonchev–Trinajstić information content (AvgIpc) is 2.38. The average molecular weight is 306 g/mol. The highest BCUT2D eigenvalue weighted by atomic mass is 16.5. The summed E-state index contributed by atoms with van der Waals surface area (Å²) in [5, 5.41) is 12.4. The van der Waals surface area contributed by atoms with E-state index >= 15 is 0 Å². The Kier molecular flexibility index (Phi) is 5.21. The van der Waals surface area contributed by atoms with Crippen LogP contribution < -0.4 is 5.32 Å². The lowest BCUT2D eigenvalue weighted by Crippen LogP contribution is -2.53. The first-order valence-electron chi connectivity index (χ1n) is 7.60. The van der Waals surface area contributed by atoms with Crippen LogP contribution in [0, 0.1) is 26.2 Å². The van der Waals surface area contributed by atoms with Gasteiger partial charge in [-0.05, 0) is 38.9 Å². The third-order valence-corrected chi connectivity index (χ3v) is 4.11. The van der Waals surface area contributed by atoms with Crippen molar-refractivity contribution in [3.8, 4) is 0 Å². The highest BCUT2D eigenvalue weighted by molar-refractivity contribution is 5.93. The predicted octanol–water partition coefficient (Wildman–Crippen LogP) is 1.49. The summed E-state index contributed by atoms with van der Waals surface area (Å²) in [4.78, 5) is 14.2. The van der Waals surface area contributed by atoms with Crippen LogP contribution in [-0.4, -0.2) is 55.9 Å². The molecule has 0 unspecified atom stereocenters. The lowest BCUT2D eigenvalue weighted by molar-refractivity contribution is -0.147. The Morgan fingerprint density at radius 1 is 1.32 bits per heavy atom. The molecule has 0 spiro atoms. The van der Waals surface area contributed by atoms with Crippen LogP contribution in [0.15, 0.2) is 12.1 Å². The van der Waals surface area contributed by atoms with E-state index in [0.717, 1.165) is 16.8 Å². The van der Waals surface area contributed by atoms with E-state index in [9.17, 15) is 9.90 Å². The van der Waals surface area contributed by atoms with Crippen LogP contribution in [0.2, 0.25) is 0 Å². The maximum atomic E-state index is 12.2. The fraction of sp³-hybridized carbons (Fsp3) is 0.588. The summed E-state index contributed by atoms with van der Waals surface area (Å²) in [5.74, 6) is -0.0362. The quantitative estimate of drug-likeness (QED) is 0.836. The Labute approximate surface area is 132 Å². The smallest absolute Gasteiger partial charge is 0.238 e. The van der Waals surface area contributed by atoms with Crippen molar-refractivity contribution < 1.29 is 14.6 Å². The number of benzene rings is 1. The van der Waals surface area contributed by atoms with Crippen molar-refractivity contribution >= 4 is 11.6 Å². The number of rotatable bonds is 6. The molecule has 0 aliphatic carbocycles. The molecule has 1 amide bonds. The van der Waals surface area contributed by atoms with Gasteiger partial charge < -0.3 is 15.2 Å². The molecule has 1 heterocycles. The molecule has 0 saturated carbocycles. The Hall–Kier alpha value is -1.43. The number of anilines is 1. The summed E-state index contributed by atoms with van der Waals surface area (Å²) >= 11 is 0. The number of carbonyl (C=O) groups is 1. The number of nitrogens with one attached hydrogen (secondary N) is 1. The van der Waals surface area contributed by atoms with E-state index in [1.54, 1.807) is 0 Å². The summed E-state index contributed by atoms with van der Waals surface area (Å²) < 4.78 is 5.19. The summed E-state index contributed by atoms with van der Waals surface area (Å²) in [6.45, 7) is 8.23. The van der Waals surface area contributed by atoms with E-state index in [1.807, 2.05) is 25.8 Å². The fourth-order valence-corrected chi connectivity index (χ4v) is 3.05. The van der Waals surface area contributed by atoms with Gasteiger partial charge in [-0.25, -0.2) is 0 Å². The number of aliphatic hydroxyl groups is 1. The number of hydrogen-bond donors (Lipinski definition) is 2. The van der Waals surface area contributed by atoms with Gasteiger partial charge in [-0.15, -0.1) is 0 Å². The van der Waals surface area contributed by atoms with Crippen molar-refractivity contribution in [1.82, 2.24) is 4.90 Å². The molecule has 1 saturated heterocycles. The zero-order valence-corrected chi connectivity index (χ0v) is 13.9. The van der Waals surface area contributed by atoms with E-state index in [1.165, 1.54) is 5.56 Å². The van der Waals surface area contributed by atoms with Gasteiger partial charge in [-0.1, -0.05) is 17.7 Å². The van der Waals surface area contributed by atoms with Gasteiger partial charge in [-0.3, -0.25) is 9.69 Å². The van der Waals surface area contributed by atoms with E-state index in [-0.39, 0.29) is 17.9 Å². The molecule has 0 aromatic heterocycles. The number of hydrogen-bond acceptors (Lipinski definition) is 4. The molecular formula is C17H26N2O3. The number of nitrogens with zero attached hydrogens (tertiary/aromatic N) is 1. The number of carbonyl (C=O) groups excluding carboxylic acids is 1. The van der Waals surface area contributed by atoms with Crippen molar-refractivity contribution in [2.45, 2.75) is 20.8 Å². The normalized spacial score (nSPS) is 16.5. The Morgan fingerprint density at radius 3 is 2.36 bits per heavy atom. The molecule has 122 valence electrons. The minimum Gasteiger partial charge on any atom is -0.396 e. The van der Waals surface area contributed by atoms with Crippen LogP contribution in [0.25, 0.3) is 0 Å². The minimum atomic E-state index is -0.204. The standard InChI is InChI=1S/C17H26N2O3/c1-12-5-13(2)16(14(3)6-12)18-15(21)7-19(4)8-17(9-20)10-22-11-17/h5-6,20H,7-11H2,1-4H3,(H,18,21). The molecule has 2 rings (SSSR count). The lowest BCUT2D eigenvalue weighted by Gasteiger charge is -2.42. The van der Waals surface area contributed by atoms with E-state index in [4.69, 9.17) is 4.74 Å². The zero-order chi connectivity index (χ0) is 16.3. The molecule has 22 heavy (non-hydrogen) atoms. The second kappa shape index (κ2) is 6.77. The minimum absolute atomic E-state index is 0.0362. The van der Waals surface area contributed by atoms with Gasteiger partial charge in [0.15, 0.2) is 0 Å². The molecule has 0 radical (unpaired) electrons. The van der Waals surface area contributed by atoms with E-state index in [0.29, 0.717) is 26.3 Å². The molecule has 1 aliphatic rings. The lowest BCUT2D eigenvalue weighted by atomic mass is 9.86. The van der Waals surface area contributed by atoms with Crippen molar-refractivity contribution in [2.75, 3.05) is 45.3 Å². The van der Waals surface area contributed by atoms with Crippen molar-refractivity contribution in [3.63, 3.8) is 0 Å². The molecule has 2 N–H and O–H groups in total. The van der Waals surface area contributed by atoms with Crippen LogP contribution in [-0.2, 0) is 9.53 Å². The van der Waals surface area contributed by atoms with Crippen LogP contribution in [0.4, 0.5) is 5.69 Å². The van der Waals surface area contributed by atoms with Gasteiger partial charge in [0.05, 0.1) is 31.8 Å². The molecule has 5 nitrogen and oxygen atoms in total. The highest BCUT2D eigenvalue weighted by Gasteiger charge is 2.39. The summed E-state index contributed by atoms with van der Waals surface area (Å²) in [7, 11) is 1.89. The number of amides is 1. The number of likely N-dealkylation sites (N-methyl/N-ethyl adjacent to an activating group) is 1. The summed E-state index contributed by atoms with van der Waals surface area (Å²) in [6.07, 6.45) is 0. The maximum absolute atomic E-state index is 12.2. The molecule has 5 heteroatoms. The van der Waals surface area contributed by atoms with Crippen molar-refractivity contribution in [2.24, 2.45) is 5.41 Å². The second-order valence-electron chi connectivity index (χ2n) is 6.65. The van der Waals surface area contributed by atoms with Crippen molar-refractivity contribution in [1.29, 1.82) is 0 Å². The van der Waals surface area contributed by atoms with Crippen LogP contribution in [0.5, 0.6) is 0 Å². The topological polar surface area (TPSA) is 61.8 Å². The van der Waals surface area contributed by atoms with Gasteiger partial charge in [0.1, 0.15) is 0 Å². The van der Waals surface area contributed by atoms with Crippen molar-refractivity contribution in [3.05, 3.63) is 28.8 Å². The first-order chi connectivity index (χ1) is 10.3. The molecule has 0 atom stereocenters. The van der Waals surface area contributed by atoms with Gasteiger partial charge in [-0.2, -0.15) is 0 Å². The van der Waals surface area contributed by atoms with Crippen LogP contribution in [0.3, 0.4) is 0 Å². The summed E-state index contributed by atoms with van der Waals surface area (Å²) in [5.41, 5.74) is 4.04. The first-order valence-corrected chi connectivity index (χ1v) is 7.60. The highest BCUT2D eigenvalue weighted by Crippen LogP contribution is 2.27. The van der Waals surface area contributed by atoms with Gasteiger partial charge >= 0.3 is 0 Å². The number of ether oxygens (including phenoxy) is 1. The summed E-state index contributed by atoms with van der Waals surface area (Å²) in [6, 6.07) is 4.14. The van der Waals surface area contributed by atoms with Crippen LogP contribution >= 0.6 is 0 Å². The molecule has 1 aromatic carbocycles. The predicted molar refractivity (Wildman–Crippen MR) is 87.1 cm³/mol. The van der Waals surface area contributed by atoms with Gasteiger partial charge in [0.2, 0.25) is 5.91 Å². The molecule has 0 bridgehead atoms. The molecule has 1 aliphatic heterocycles. The fourth-order valence-electron chi connectivity index (χ4n) is 3.05. The molecule has 1 fully saturated rings. The molecule has 1 aromatic rings. The second-order valence-corrected chi connectivity index (χ2v) is 6.65. The first kappa shape index (κ1) is 16.9. The van der Waals surface area contributed by atoms with Crippen LogP contribution in [0.1, 0.15) is 16.7 Å². The third-order valence-electron chi connectivity index (χ3n) is 4.11. The monoisotopic (exact) mass is 306 g/mol. The Balaban J connectivity index is 1.93. The van der Waals surface area contributed by atoms with E-state index < -0.39 is 0 Å². The molecular weight excluding hydrogens is 280 g/mol. The zero-order valence-electron chi connectivity index (χ0n) is 13.9. The third kappa shape index (κ3) is 3.85. The Morgan fingerprint density at radius 2 is 1.91 bits per heavy atom. The number of aryl methyl sites for hydroxylation is 3. The van der Waals surface area contributed by atoms with E-state index in [2.05, 4.69) is 24.4 Å².